The molecule has 1 saturated carbocycles. The number of hydrogen-bond acceptors (Lipinski definition) is 3. The van der Waals surface area contributed by atoms with Crippen molar-refractivity contribution in [3.05, 3.63) is 28.8 Å². The van der Waals surface area contributed by atoms with Gasteiger partial charge in [-0.15, -0.1) is 0 Å². The van der Waals surface area contributed by atoms with E-state index in [9.17, 15) is 8.42 Å². The van der Waals surface area contributed by atoms with Crippen LogP contribution in [0.2, 0.25) is 5.02 Å². The normalized spacial score (nSPS) is 20.5. The van der Waals surface area contributed by atoms with E-state index < -0.39 is 10.0 Å². The summed E-state index contributed by atoms with van der Waals surface area (Å²) in [4.78, 5) is 0.169. The first-order chi connectivity index (χ1) is 9.76. The van der Waals surface area contributed by atoms with Crippen LogP contribution in [0.5, 0.6) is 0 Å². The zero-order valence-corrected chi connectivity index (χ0v) is 14.3. The van der Waals surface area contributed by atoms with Gasteiger partial charge in [0.25, 0.3) is 0 Å². The minimum Gasteiger partial charge on any atom is -0.313 e. The minimum absolute atomic E-state index is 0.000407. The lowest BCUT2D eigenvalue weighted by atomic mass is 10.2. The number of benzene rings is 1. The summed E-state index contributed by atoms with van der Waals surface area (Å²) in [5.74, 6) is 0. The Morgan fingerprint density at radius 2 is 2.05 bits per heavy atom. The highest BCUT2D eigenvalue weighted by Gasteiger charge is 2.48. The molecular formula is C15H23ClN2O2S. The van der Waals surface area contributed by atoms with Crippen molar-refractivity contribution in [2.24, 2.45) is 5.41 Å². The fraction of sp³-hybridized carbons (Fsp3) is 0.600. The summed E-state index contributed by atoms with van der Waals surface area (Å²) < 4.78 is 27.7. The van der Waals surface area contributed by atoms with E-state index in [2.05, 4.69) is 17.0 Å². The summed E-state index contributed by atoms with van der Waals surface area (Å²) in [5, 5.41) is 3.52. The molecule has 0 radical (unpaired) electrons. The van der Waals surface area contributed by atoms with Gasteiger partial charge >= 0.3 is 0 Å². The summed E-state index contributed by atoms with van der Waals surface area (Å²) in [6.45, 7) is 7.73. The van der Waals surface area contributed by atoms with Gasteiger partial charge in [-0.1, -0.05) is 38.4 Å². The second kappa shape index (κ2) is 6.24. The third-order valence-electron chi connectivity index (χ3n) is 3.85. The van der Waals surface area contributed by atoms with E-state index in [1.807, 2.05) is 19.9 Å². The van der Waals surface area contributed by atoms with Crippen LogP contribution in [0.25, 0.3) is 0 Å². The van der Waals surface area contributed by atoms with Crippen molar-refractivity contribution in [2.75, 3.05) is 6.54 Å². The van der Waals surface area contributed by atoms with Crippen molar-refractivity contribution in [3.8, 4) is 0 Å². The molecule has 1 aliphatic carbocycles. The lowest BCUT2D eigenvalue weighted by Crippen LogP contribution is -2.29. The molecule has 1 aliphatic rings. The first kappa shape index (κ1) is 16.7. The topological polar surface area (TPSA) is 58.2 Å². The van der Waals surface area contributed by atoms with Gasteiger partial charge < -0.3 is 5.32 Å². The maximum absolute atomic E-state index is 12.5. The zero-order valence-electron chi connectivity index (χ0n) is 12.7. The second-order valence-electron chi connectivity index (χ2n) is 6.31. The van der Waals surface area contributed by atoms with Gasteiger partial charge in [-0.3, -0.25) is 0 Å². The molecule has 0 heterocycles. The first-order valence-corrected chi connectivity index (χ1v) is 9.14. The van der Waals surface area contributed by atoms with Crippen molar-refractivity contribution < 1.29 is 8.42 Å². The number of hydrogen-bond donors (Lipinski definition) is 2. The Bertz CT molecular complexity index is 614. The van der Waals surface area contributed by atoms with Gasteiger partial charge in [0.15, 0.2) is 0 Å². The lowest BCUT2D eigenvalue weighted by Gasteiger charge is -2.11. The van der Waals surface area contributed by atoms with E-state index in [1.165, 1.54) is 0 Å². The van der Waals surface area contributed by atoms with Gasteiger partial charge in [0, 0.05) is 12.6 Å². The van der Waals surface area contributed by atoms with E-state index in [4.69, 9.17) is 11.6 Å². The highest BCUT2D eigenvalue weighted by atomic mass is 35.5. The van der Waals surface area contributed by atoms with E-state index in [-0.39, 0.29) is 21.4 Å². The molecule has 0 spiro atoms. The van der Waals surface area contributed by atoms with Crippen molar-refractivity contribution in [2.45, 2.75) is 51.1 Å². The minimum atomic E-state index is -3.56. The Morgan fingerprint density at radius 3 is 2.62 bits per heavy atom. The molecule has 4 nitrogen and oxygen atoms in total. The average molecular weight is 331 g/mol. The molecule has 2 N–H and O–H groups in total. The van der Waals surface area contributed by atoms with Gasteiger partial charge in [-0.2, -0.15) is 0 Å². The van der Waals surface area contributed by atoms with Crippen molar-refractivity contribution in [3.63, 3.8) is 0 Å². The molecule has 0 aromatic heterocycles. The predicted molar refractivity (Wildman–Crippen MR) is 86.0 cm³/mol. The molecule has 118 valence electrons. The molecule has 0 aliphatic heterocycles. The fourth-order valence-electron chi connectivity index (χ4n) is 2.19. The average Bonchev–Trinajstić information content (AvgIpc) is 2.97. The molecule has 0 amide bonds. The molecule has 1 aromatic rings. The molecule has 21 heavy (non-hydrogen) atoms. The third kappa shape index (κ3) is 4.19. The van der Waals surface area contributed by atoms with Crippen LogP contribution in [0.1, 0.15) is 39.2 Å². The number of rotatable bonds is 7. The molecule has 0 bridgehead atoms. The fourth-order valence-corrected chi connectivity index (χ4v) is 4.15. The summed E-state index contributed by atoms with van der Waals surface area (Å²) >= 11 is 6.08. The SMILES string of the molecule is CCCNCc1ccc(Cl)c(S(=O)(=O)NC2CC2(C)C)c1. The Morgan fingerprint density at radius 1 is 1.38 bits per heavy atom. The van der Waals surface area contributed by atoms with E-state index in [0.29, 0.717) is 6.54 Å². The van der Waals surface area contributed by atoms with Crippen LogP contribution >= 0.6 is 11.6 Å². The summed E-state index contributed by atoms with van der Waals surface area (Å²) in [6, 6.07) is 5.16. The van der Waals surface area contributed by atoms with Crippen molar-refractivity contribution in [1.29, 1.82) is 0 Å². The van der Waals surface area contributed by atoms with Gasteiger partial charge in [-0.05, 0) is 42.5 Å². The molecular weight excluding hydrogens is 308 g/mol. The van der Waals surface area contributed by atoms with Crippen LogP contribution in [0.15, 0.2) is 23.1 Å². The Balaban J connectivity index is 2.15. The van der Waals surface area contributed by atoms with Gasteiger partial charge in [0.05, 0.1) is 5.02 Å². The lowest BCUT2D eigenvalue weighted by molar-refractivity contribution is 0.555. The summed E-state index contributed by atoms with van der Waals surface area (Å²) in [7, 11) is -3.56. The molecule has 6 heteroatoms. The Kier molecular flexibility index (Phi) is 4.98. The van der Waals surface area contributed by atoms with Crippen LogP contribution in [-0.4, -0.2) is 21.0 Å². The molecule has 0 saturated heterocycles. The zero-order chi connectivity index (χ0) is 15.7. The van der Waals surface area contributed by atoms with Gasteiger partial charge in [0.2, 0.25) is 10.0 Å². The second-order valence-corrected chi connectivity index (χ2v) is 8.40. The number of sulfonamides is 1. The van der Waals surface area contributed by atoms with Crippen LogP contribution in [-0.2, 0) is 16.6 Å². The highest BCUT2D eigenvalue weighted by Crippen LogP contribution is 2.45. The van der Waals surface area contributed by atoms with Gasteiger partial charge in [-0.25, -0.2) is 13.1 Å². The Hall–Kier alpha value is -0.620. The van der Waals surface area contributed by atoms with Crippen molar-refractivity contribution in [1.82, 2.24) is 10.0 Å². The van der Waals surface area contributed by atoms with Gasteiger partial charge in [0.1, 0.15) is 4.90 Å². The van der Waals surface area contributed by atoms with Crippen molar-refractivity contribution >= 4 is 21.6 Å². The monoisotopic (exact) mass is 330 g/mol. The maximum atomic E-state index is 12.5. The molecule has 1 atom stereocenters. The van der Waals surface area contributed by atoms with Crippen LogP contribution in [0.3, 0.4) is 0 Å². The van der Waals surface area contributed by atoms with Crippen LogP contribution < -0.4 is 10.0 Å². The molecule has 1 fully saturated rings. The van der Waals surface area contributed by atoms with E-state index >= 15 is 0 Å². The molecule has 1 unspecified atom stereocenters. The largest absolute Gasteiger partial charge is 0.313 e. The van der Waals surface area contributed by atoms with Crippen LogP contribution in [0, 0.1) is 5.41 Å². The van der Waals surface area contributed by atoms with E-state index in [1.54, 1.807) is 12.1 Å². The highest BCUT2D eigenvalue weighted by molar-refractivity contribution is 7.89. The predicted octanol–water partition coefficient (Wildman–Crippen LogP) is 2.92. The first-order valence-electron chi connectivity index (χ1n) is 7.28. The number of halogens is 1. The number of nitrogens with one attached hydrogen (secondary N) is 2. The quantitative estimate of drug-likeness (QED) is 0.756. The van der Waals surface area contributed by atoms with Crippen LogP contribution in [0.4, 0.5) is 0 Å². The summed E-state index contributed by atoms with van der Waals surface area (Å²) in [5.41, 5.74) is 0.961. The smallest absolute Gasteiger partial charge is 0.242 e. The maximum Gasteiger partial charge on any atom is 0.242 e. The molecule has 2 rings (SSSR count). The van der Waals surface area contributed by atoms with E-state index in [0.717, 1.165) is 24.9 Å². The molecule has 1 aromatic carbocycles. The third-order valence-corrected chi connectivity index (χ3v) is 5.81. The summed E-state index contributed by atoms with van der Waals surface area (Å²) in [6.07, 6.45) is 1.90. The standard InChI is InChI=1S/C15H23ClN2O2S/c1-4-7-17-10-11-5-6-12(16)13(8-11)21(19,20)18-14-9-15(14,2)3/h5-6,8,14,17-18H,4,7,9-10H2,1-3H3. The Labute approximate surface area is 132 Å².